The fourth-order valence-corrected chi connectivity index (χ4v) is 3.26. The first-order valence-electron chi connectivity index (χ1n) is 7.61. The molecule has 3 aromatic rings. The number of carbonyl (C=O) groups is 1. The van der Waals surface area contributed by atoms with Crippen molar-refractivity contribution in [2.75, 3.05) is 6.54 Å². The number of hydrogen-bond acceptors (Lipinski definition) is 3. The zero-order chi connectivity index (χ0) is 16.1. The van der Waals surface area contributed by atoms with Gasteiger partial charge in [-0.1, -0.05) is 60.7 Å². The van der Waals surface area contributed by atoms with E-state index >= 15 is 0 Å². The second-order valence-corrected chi connectivity index (χ2v) is 6.06. The largest absolute Gasteiger partial charge is 0.333 e. The third-order valence-corrected chi connectivity index (χ3v) is 4.57. The molecule has 3 rings (SSSR count). The summed E-state index contributed by atoms with van der Waals surface area (Å²) in [6, 6.07) is 20.0. The van der Waals surface area contributed by atoms with Crippen LogP contribution >= 0.6 is 11.3 Å². The van der Waals surface area contributed by atoms with Crippen molar-refractivity contribution in [3.05, 3.63) is 77.4 Å². The maximum atomic E-state index is 12.9. The molecule has 1 amide bonds. The van der Waals surface area contributed by atoms with Gasteiger partial charge in [0, 0.05) is 13.1 Å². The molecule has 3 nitrogen and oxygen atoms in total. The first-order chi connectivity index (χ1) is 11.3. The van der Waals surface area contributed by atoms with Crippen LogP contribution in [0.15, 0.2) is 66.2 Å². The summed E-state index contributed by atoms with van der Waals surface area (Å²) in [5.74, 6) is -0.0172. The molecule has 2 aromatic carbocycles. The quantitative estimate of drug-likeness (QED) is 0.694. The van der Waals surface area contributed by atoms with Gasteiger partial charge in [-0.25, -0.2) is 4.98 Å². The molecule has 0 fully saturated rings. The molecular formula is C19H18N2OS. The summed E-state index contributed by atoms with van der Waals surface area (Å²) in [5.41, 5.74) is 4.44. The highest BCUT2D eigenvalue weighted by Crippen LogP contribution is 2.28. The fraction of sp³-hybridized carbons (Fsp3) is 0.158. The maximum absolute atomic E-state index is 12.9. The number of nitrogens with zero attached hydrogens (tertiary/aromatic N) is 2. The van der Waals surface area contributed by atoms with Crippen molar-refractivity contribution in [2.45, 2.75) is 13.5 Å². The van der Waals surface area contributed by atoms with E-state index in [1.807, 2.05) is 72.5 Å². The molecule has 4 heteroatoms. The van der Waals surface area contributed by atoms with E-state index < -0.39 is 0 Å². The number of rotatable bonds is 5. The number of amides is 1. The van der Waals surface area contributed by atoms with Crippen LogP contribution in [0.2, 0.25) is 0 Å². The van der Waals surface area contributed by atoms with Gasteiger partial charge in [0.1, 0.15) is 5.69 Å². The number of aromatic nitrogens is 1. The zero-order valence-corrected chi connectivity index (χ0v) is 13.8. The smallest absolute Gasteiger partial charge is 0.274 e. The minimum Gasteiger partial charge on any atom is -0.333 e. The number of benzene rings is 2. The van der Waals surface area contributed by atoms with Crippen LogP contribution in [0.25, 0.3) is 10.4 Å². The molecule has 23 heavy (non-hydrogen) atoms. The zero-order valence-electron chi connectivity index (χ0n) is 13.0. The van der Waals surface area contributed by atoms with E-state index in [4.69, 9.17) is 0 Å². The van der Waals surface area contributed by atoms with Gasteiger partial charge in [0.05, 0.1) is 10.4 Å². The predicted molar refractivity (Wildman–Crippen MR) is 94.4 cm³/mol. The first-order valence-corrected chi connectivity index (χ1v) is 8.49. The molecule has 0 aliphatic heterocycles. The van der Waals surface area contributed by atoms with Crippen LogP contribution in [-0.4, -0.2) is 22.3 Å². The second-order valence-electron chi connectivity index (χ2n) is 5.20. The molecule has 0 bridgehead atoms. The average molecular weight is 322 g/mol. The van der Waals surface area contributed by atoms with Crippen molar-refractivity contribution in [2.24, 2.45) is 0 Å². The Morgan fingerprint density at radius 2 is 1.70 bits per heavy atom. The Hall–Kier alpha value is -2.46. The van der Waals surface area contributed by atoms with E-state index in [0.29, 0.717) is 18.8 Å². The van der Waals surface area contributed by atoms with Crippen LogP contribution in [0, 0.1) is 0 Å². The summed E-state index contributed by atoms with van der Waals surface area (Å²) in [6.45, 7) is 3.25. The standard InChI is InChI=1S/C19H18N2OS/c1-2-21(13-15-9-5-3-6-10-15)19(22)17-18(23-14-20-17)16-11-7-4-8-12-16/h3-12,14H,2,13H2,1H3. The minimum absolute atomic E-state index is 0.0172. The number of carbonyl (C=O) groups excluding carboxylic acids is 1. The Balaban J connectivity index is 1.86. The normalized spacial score (nSPS) is 10.5. The summed E-state index contributed by atoms with van der Waals surface area (Å²) < 4.78 is 0. The van der Waals surface area contributed by atoms with Crippen LogP contribution in [0.4, 0.5) is 0 Å². The molecule has 0 saturated heterocycles. The third kappa shape index (κ3) is 3.48. The average Bonchev–Trinajstić information content (AvgIpc) is 3.10. The molecule has 0 radical (unpaired) electrons. The molecule has 0 aliphatic carbocycles. The lowest BCUT2D eigenvalue weighted by Crippen LogP contribution is -2.30. The highest BCUT2D eigenvalue weighted by Gasteiger charge is 2.21. The number of thiazole rings is 1. The molecule has 0 unspecified atom stereocenters. The molecule has 0 saturated carbocycles. The summed E-state index contributed by atoms with van der Waals surface area (Å²) in [4.78, 5) is 20.0. The molecule has 116 valence electrons. The SMILES string of the molecule is CCN(Cc1ccccc1)C(=O)c1ncsc1-c1ccccc1. The van der Waals surface area contributed by atoms with Gasteiger partial charge in [-0.15, -0.1) is 11.3 Å². The minimum atomic E-state index is -0.0172. The summed E-state index contributed by atoms with van der Waals surface area (Å²) >= 11 is 1.51. The highest BCUT2D eigenvalue weighted by molar-refractivity contribution is 7.13. The van der Waals surface area contributed by atoms with Crippen LogP contribution < -0.4 is 0 Å². The monoisotopic (exact) mass is 322 g/mol. The first kappa shape index (κ1) is 15.4. The van der Waals surface area contributed by atoms with Crippen LogP contribution in [0.5, 0.6) is 0 Å². The van der Waals surface area contributed by atoms with Gasteiger partial charge >= 0.3 is 0 Å². The van der Waals surface area contributed by atoms with E-state index in [2.05, 4.69) is 4.98 Å². The van der Waals surface area contributed by atoms with Crippen LogP contribution in [0.3, 0.4) is 0 Å². The van der Waals surface area contributed by atoms with Gasteiger partial charge < -0.3 is 4.90 Å². The van der Waals surface area contributed by atoms with E-state index in [0.717, 1.165) is 16.0 Å². The van der Waals surface area contributed by atoms with Gasteiger partial charge in [-0.3, -0.25) is 4.79 Å². The molecule has 0 atom stereocenters. The molecule has 0 spiro atoms. The molecule has 0 N–H and O–H groups in total. The van der Waals surface area contributed by atoms with Crippen LogP contribution in [-0.2, 0) is 6.54 Å². The van der Waals surface area contributed by atoms with Crippen LogP contribution in [0.1, 0.15) is 23.0 Å². The van der Waals surface area contributed by atoms with Crippen molar-refractivity contribution < 1.29 is 4.79 Å². The van der Waals surface area contributed by atoms with E-state index in [1.54, 1.807) is 5.51 Å². The lowest BCUT2D eigenvalue weighted by molar-refractivity contribution is 0.0748. The Kier molecular flexibility index (Phi) is 4.83. The van der Waals surface area contributed by atoms with Crippen molar-refractivity contribution in [1.29, 1.82) is 0 Å². The van der Waals surface area contributed by atoms with E-state index in [9.17, 15) is 4.79 Å². The van der Waals surface area contributed by atoms with Crippen molar-refractivity contribution >= 4 is 17.2 Å². The lowest BCUT2D eigenvalue weighted by atomic mass is 10.1. The molecule has 0 aliphatic rings. The van der Waals surface area contributed by atoms with Crippen molar-refractivity contribution in [3.8, 4) is 10.4 Å². The molecule has 1 aromatic heterocycles. The van der Waals surface area contributed by atoms with Crippen molar-refractivity contribution in [1.82, 2.24) is 9.88 Å². The predicted octanol–water partition coefficient (Wildman–Crippen LogP) is 4.47. The van der Waals surface area contributed by atoms with Gasteiger partial charge in [-0.05, 0) is 18.1 Å². The fourth-order valence-electron chi connectivity index (χ4n) is 2.47. The van der Waals surface area contributed by atoms with Gasteiger partial charge in [-0.2, -0.15) is 0 Å². The number of hydrogen-bond donors (Lipinski definition) is 0. The summed E-state index contributed by atoms with van der Waals surface area (Å²) in [6.07, 6.45) is 0. The third-order valence-electron chi connectivity index (χ3n) is 3.69. The summed E-state index contributed by atoms with van der Waals surface area (Å²) in [5, 5.41) is 0. The Morgan fingerprint density at radius 1 is 1.04 bits per heavy atom. The van der Waals surface area contributed by atoms with E-state index in [-0.39, 0.29) is 5.91 Å². The molecule has 1 heterocycles. The highest BCUT2D eigenvalue weighted by atomic mass is 32.1. The topological polar surface area (TPSA) is 33.2 Å². The van der Waals surface area contributed by atoms with Gasteiger partial charge in [0.15, 0.2) is 0 Å². The van der Waals surface area contributed by atoms with Crippen molar-refractivity contribution in [3.63, 3.8) is 0 Å². The maximum Gasteiger partial charge on any atom is 0.274 e. The Bertz CT molecular complexity index is 768. The second kappa shape index (κ2) is 7.20. The lowest BCUT2D eigenvalue weighted by Gasteiger charge is -2.20. The summed E-state index contributed by atoms with van der Waals surface area (Å²) in [7, 11) is 0. The Labute approximate surface area is 140 Å². The Morgan fingerprint density at radius 3 is 2.35 bits per heavy atom. The van der Waals surface area contributed by atoms with E-state index in [1.165, 1.54) is 11.3 Å². The molecular weight excluding hydrogens is 304 g/mol. The van der Waals surface area contributed by atoms with Gasteiger partial charge in [0.2, 0.25) is 0 Å². The van der Waals surface area contributed by atoms with Gasteiger partial charge in [0.25, 0.3) is 5.91 Å².